The van der Waals surface area contributed by atoms with E-state index >= 15 is 0 Å². The number of halogens is 1. The fourth-order valence-corrected chi connectivity index (χ4v) is 2.64. The molecule has 0 aliphatic heterocycles. The normalized spacial score (nSPS) is 10.0. The van der Waals surface area contributed by atoms with Gasteiger partial charge in [0.05, 0.1) is 0 Å². The summed E-state index contributed by atoms with van der Waals surface area (Å²) in [5, 5.41) is 0. The summed E-state index contributed by atoms with van der Waals surface area (Å²) in [5.74, 6) is 0. The summed E-state index contributed by atoms with van der Waals surface area (Å²) in [6, 6.07) is 10.9. The van der Waals surface area contributed by atoms with E-state index in [2.05, 4.69) is 48.9 Å². The maximum atomic E-state index is 4.64. The first kappa shape index (κ1) is 20.5. The van der Waals surface area contributed by atoms with Crippen molar-refractivity contribution in [3.8, 4) is 0 Å². The Hall–Kier alpha value is -0.490. The molecule has 0 unspecified atom stereocenters. The summed E-state index contributed by atoms with van der Waals surface area (Å²) in [4.78, 5) is 0. The predicted molar refractivity (Wildman–Crippen MR) is 98.4 cm³/mol. The highest BCUT2D eigenvalue weighted by Gasteiger charge is 1.94. The molecule has 0 amide bonds. The molecule has 1 aromatic rings. The van der Waals surface area contributed by atoms with Gasteiger partial charge in [-0.1, -0.05) is 101 Å². The molecule has 1 heteroatoms. The van der Waals surface area contributed by atoms with Crippen molar-refractivity contribution in [2.75, 3.05) is 6.38 Å². The third-order valence-electron chi connectivity index (χ3n) is 3.91. The van der Waals surface area contributed by atoms with Crippen LogP contribution >= 0.6 is 11.6 Å². The standard InChI is InChI=1S/C19H32.CH3Cl/c1-2-3-4-5-6-7-8-9-10-11-13-16-19-17-14-12-15-18-19;1-2/h12,14-15,17-18H,2-11,13,16H2,1H3;1H3. The molecule has 0 spiro atoms. The summed E-state index contributed by atoms with van der Waals surface area (Å²) in [7, 11) is 0. The lowest BCUT2D eigenvalue weighted by Gasteiger charge is -2.03. The van der Waals surface area contributed by atoms with Crippen molar-refractivity contribution in [3.63, 3.8) is 0 Å². The lowest BCUT2D eigenvalue weighted by atomic mass is 10.0. The number of aryl methyl sites for hydroxylation is 1. The van der Waals surface area contributed by atoms with Crippen molar-refractivity contribution >= 4 is 11.6 Å². The van der Waals surface area contributed by atoms with E-state index in [0.717, 1.165) is 0 Å². The minimum absolute atomic E-state index is 1.26. The second kappa shape index (κ2) is 17.6. The molecule has 0 saturated heterocycles. The minimum atomic E-state index is 1.26. The average Bonchev–Trinajstić information content (AvgIpc) is 2.55. The van der Waals surface area contributed by atoms with Crippen molar-refractivity contribution in [2.45, 2.75) is 84.0 Å². The Morgan fingerprint density at radius 3 is 1.52 bits per heavy atom. The van der Waals surface area contributed by atoms with E-state index in [1.54, 1.807) is 0 Å². The highest BCUT2D eigenvalue weighted by Crippen LogP contribution is 2.12. The summed E-state index contributed by atoms with van der Waals surface area (Å²) in [6.45, 7) is 2.29. The van der Waals surface area contributed by atoms with E-state index in [-0.39, 0.29) is 0 Å². The van der Waals surface area contributed by atoms with Gasteiger partial charge in [-0.05, 0) is 18.4 Å². The Balaban J connectivity index is 0.00000191. The number of rotatable bonds is 12. The molecule has 0 aliphatic rings. The highest BCUT2D eigenvalue weighted by atomic mass is 35.5. The van der Waals surface area contributed by atoms with Crippen molar-refractivity contribution < 1.29 is 0 Å². The first-order valence-corrected chi connectivity index (χ1v) is 9.61. The Kier molecular flexibility index (Phi) is 17.2. The quantitative estimate of drug-likeness (QED) is 0.279. The van der Waals surface area contributed by atoms with Crippen LogP contribution in [0.3, 0.4) is 0 Å². The molecule has 0 fully saturated rings. The molecule has 0 aromatic heterocycles. The molecule has 0 aliphatic carbocycles. The van der Waals surface area contributed by atoms with E-state index in [0.29, 0.717) is 0 Å². The van der Waals surface area contributed by atoms with E-state index in [1.807, 2.05) is 0 Å². The fraction of sp³-hybridized carbons (Fsp3) is 0.700. The molecule has 1 aromatic carbocycles. The van der Waals surface area contributed by atoms with Gasteiger partial charge in [0.15, 0.2) is 0 Å². The lowest BCUT2D eigenvalue weighted by molar-refractivity contribution is 0.549. The van der Waals surface area contributed by atoms with E-state index in [1.165, 1.54) is 89.0 Å². The molecule has 122 valence electrons. The third-order valence-corrected chi connectivity index (χ3v) is 3.91. The smallest absolute Gasteiger partial charge is 0.0108 e. The van der Waals surface area contributed by atoms with Crippen LogP contribution in [0.5, 0.6) is 0 Å². The molecular formula is C20H35Cl. The lowest BCUT2D eigenvalue weighted by Crippen LogP contribution is -1.86. The SMILES string of the molecule is CCCCCCCCCCCCCc1ccccc1.CCl. The molecule has 0 nitrogen and oxygen atoms in total. The minimum Gasteiger partial charge on any atom is -0.130 e. The maximum absolute atomic E-state index is 4.64. The van der Waals surface area contributed by atoms with Gasteiger partial charge in [0.2, 0.25) is 0 Å². The van der Waals surface area contributed by atoms with Crippen LogP contribution in [0.1, 0.15) is 83.1 Å². The van der Waals surface area contributed by atoms with E-state index in [4.69, 9.17) is 0 Å². The second-order valence-corrected chi connectivity index (χ2v) is 5.77. The Bertz CT molecular complexity index is 281. The molecule has 21 heavy (non-hydrogen) atoms. The van der Waals surface area contributed by atoms with Gasteiger partial charge in [-0.15, -0.1) is 11.6 Å². The molecular weight excluding hydrogens is 276 g/mol. The topological polar surface area (TPSA) is 0 Å². The second-order valence-electron chi connectivity index (χ2n) is 5.77. The van der Waals surface area contributed by atoms with Crippen LogP contribution in [0.15, 0.2) is 30.3 Å². The Morgan fingerprint density at radius 1 is 0.619 bits per heavy atom. The van der Waals surface area contributed by atoms with Gasteiger partial charge in [-0.2, -0.15) is 0 Å². The van der Waals surface area contributed by atoms with Gasteiger partial charge in [0.1, 0.15) is 0 Å². The van der Waals surface area contributed by atoms with Gasteiger partial charge in [-0.25, -0.2) is 0 Å². The number of hydrogen-bond donors (Lipinski definition) is 0. The van der Waals surface area contributed by atoms with Gasteiger partial charge >= 0.3 is 0 Å². The van der Waals surface area contributed by atoms with Crippen LogP contribution in [0.4, 0.5) is 0 Å². The number of unbranched alkanes of at least 4 members (excludes halogenated alkanes) is 10. The van der Waals surface area contributed by atoms with Crippen LogP contribution in [0, 0.1) is 0 Å². The third kappa shape index (κ3) is 14.2. The molecule has 0 atom stereocenters. The van der Waals surface area contributed by atoms with Crippen LogP contribution in [0.2, 0.25) is 0 Å². The van der Waals surface area contributed by atoms with Crippen molar-refractivity contribution in [2.24, 2.45) is 0 Å². The summed E-state index contributed by atoms with van der Waals surface area (Å²) in [6.07, 6.45) is 18.5. The maximum Gasteiger partial charge on any atom is 0.0108 e. The molecule has 0 saturated carbocycles. The van der Waals surface area contributed by atoms with Gasteiger partial charge < -0.3 is 0 Å². The van der Waals surface area contributed by atoms with E-state index < -0.39 is 0 Å². The van der Waals surface area contributed by atoms with E-state index in [9.17, 15) is 0 Å². The van der Waals surface area contributed by atoms with Crippen LogP contribution in [-0.4, -0.2) is 6.38 Å². The van der Waals surface area contributed by atoms with Crippen LogP contribution in [-0.2, 0) is 6.42 Å². The molecule has 0 N–H and O–H groups in total. The van der Waals surface area contributed by atoms with Crippen molar-refractivity contribution in [3.05, 3.63) is 35.9 Å². The number of hydrogen-bond acceptors (Lipinski definition) is 0. The highest BCUT2D eigenvalue weighted by molar-refractivity contribution is 6.15. The summed E-state index contributed by atoms with van der Waals surface area (Å²) >= 11 is 4.64. The van der Waals surface area contributed by atoms with Crippen molar-refractivity contribution in [1.29, 1.82) is 0 Å². The molecule has 1 rings (SSSR count). The first-order chi connectivity index (χ1) is 10.4. The van der Waals surface area contributed by atoms with Gasteiger partial charge in [-0.3, -0.25) is 0 Å². The summed E-state index contributed by atoms with van der Waals surface area (Å²) in [5.41, 5.74) is 1.50. The van der Waals surface area contributed by atoms with Crippen molar-refractivity contribution in [1.82, 2.24) is 0 Å². The predicted octanol–water partition coefficient (Wildman–Crippen LogP) is 7.40. The summed E-state index contributed by atoms with van der Waals surface area (Å²) < 4.78 is 0. The zero-order valence-corrected chi connectivity index (χ0v) is 15.0. The monoisotopic (exact) mass is 310 g/mol. The van der Waals surface area contributed by atoms with Crippen LogP contribution in [0.25, 0.3) is 0 Å². The Labute approximate surface area is 138 Å². The van der Waals surface area contributed by atoms with Gasteiger partial charge in [0.25, 0.3) is 0 Å². The fourth-order valence-electron chi connectivity index (χ4n) is 2.64. The largest absolute Gasteiger partial charge is 0.130 e. The molecule has 0 radical (unpaired) electrons. The zero-order valence-electron chi connectivity index (χ0n) is 14.2. The first-order valence-electron chi connectivity index (χ1n) is 8.85. The Morgan fingerprint density at radius 2 is 1.05 bits per heavy atom. The zero-order chi connectivity index (χ0) is 15.6. The molecule has 0 bridgehead atoms. The number of alkyl halides is 1. The number of benzene rings is 1. The molecule has 0 heterocycles. The average molecular weight is 311 g/mol. The van der Waals surface area contributed by atoms with Crippen LogP contribution < -0.4 is 0 Å². The van der Waals surface area contributed by atoms with Gasteiger partial charge in [0, 0.05) is 6.38 Å².